The first-order valence-corrected chi connectivity index (χ1v) is 5.26. The van der Waals surface area contributed by atoms with Gasteiger partial charge in [-0.25, -0.2) is 13.2 Å². The van der Waals surface area contributed by atoms with E-state index in [4.69, 9.17) is 12.2 Å². The van der Waals surface area contributed by atoms with E-state index in [1.807, 2.05) is 0 Å². The molecular formula is C8H4F3N3S2. The molecule has 0 aliphatic heterocycles. The van der Waals surface area contributed by atoms with E-state index in [0.29, 0.717) is 9.09 Å². The highest BCUT2D eigenvalue weighted by molar-refractivity contribution is 7.73. The number of hydrogen-bond acceptors (Lipinski definition) is 4. The summed E-state index contributed by atoms with van der Waals surface area (Å²) in [6.45, 7) is 0. The molecule has 1 aromatic heterocycles. The first-order chi connectivity index (χ1) is 7.56. The van der Waals surface area contributed by atoms with E-state index >= 15 is 0 Å². The van der Waals surface area contributed by atoms with E-state index in [1.165, 1.54) is 0 Å². The van der Waals surface area contributed by atoms with Gasteiger partial charge in [0.2, 0.25) is 5.13 Å². The number of H-pyrrole nitrogens is 1. The SMILES string of the molecule is Fc1cc(Nc2n[nH]c(=S)s2)cc(F)c1F. The Hall–Kier alpha value is -1.41. The molecule has 16 heavy (non-hydrogen) atoms. The molecule has 2 aromatic rings. The van der Waals surface area contributed by atoms with Gasteiger partial charge in [0.1, 0.15) is 0 Å². The van der Waals surface area contributed by atoms with Crippen LogP contribution in [0.3, 0.4) is 0 Å². The van der Waals surface area contributed by atoms with Crippen LogP contribution >= 0.6 is 23.6 Å². The minimum absolute atomic E-state index is 0.0640. The van der Waals surface area contributed by atoms with Crippen LogP contribution in [-0.4, -0.2) is 10.2 Å². The number of halogens is 3. The number of nitrogens with zero attached hydrogens (tertiary/aromatic N) is 1. The van der Waals surface area contributed by atoms with Gasteiger partial charge in [0, 0.05) is 17.8 Å². The highest BCUT2D eigenvalue weighted by Gasteiger charge is 2.11. The first-order valence-electron chi connectivity index (χ1n) is 4.03. The summed E-state index contributed by atoms with van der Waals surface area (Å²) in [7, 11) is 0. The molecule has 0 atom stereocenters. The van der Waals surface area contributed by atoms with Crippen molar-refractivity contribution in [2.45, 2.75) is 0 Å². The summed E-state index contributed by atoms with van der Waals surface area (Å²) in [5, 5.41) is 9.16. The second kappa shape index (κ2) is 4.22. The lowest BCUT2D eigenvalue weighted by atomic mass is 10.3. The Morgan fingerprint density at radius 1 is 1.25 bits per heavy atom. The molecule has 0 amide bonds. The fourth-order valence-corrected chi connectivity index (χ4v) is 1.84. The Bertz CT molecular complexity index is 555. The van der Waals surface area contributed by atoms with Crippen LogP contribution in [0.1, 0.15) is 0 Å². The normalized spacial score (nSPS) is 10.4. The van der Waals surface area contributed by atoms with E-state index in [-0.39, 0.29) is 5.69 Å². The number of nitrogens with one attached hydrogen (secondary N) is 2. The largest absolute Gasteiger partial charge is 0.330 e. The van der Waals surface area contributed by atoms with Gasteiger partial charge in [-0.2, -0.15) is 0 Å². The molecule has 2 N–H and O–H groups in total. The fraction of sp³-hybridized carbons (Fsp3) is 0. The molecule has 1 heterocycles. The van der Waals surface area contributed by atoms with E-state index in [1.54, 1.807) is 0 Å². The van der Waals surface area contributed by atoms with Crippen LogP contribution in [0.15, 0.2) is 12.1 Å². The van der Waals surface area contributed by atoms with Crippen molar-refractivity contribution in [3.8, 4) is 0 Å². The molecule has 0 radical (unpaired) electrons. The molecule has 0 saturated heterocycles. The number of aromatic nitrogens is 2. The maximum atomic E-state index is 12.8. The van der Waals surface area contributed by atoms with Crippen LogP contribution in [0.4, 0.5) is 24.0 Å². The summed E-state index contributed by atoms with van der Waals surface area (Å²) in [4.78, 5) is 0. The van der Waals surface area contributed by atoms with Gasteiger partial charge >= 0.3 is 0 Å². The predicted molar refractivity (Wildman–Crippen MR) is 56.9 cm³/mol. The van der Waals surface area contributed by atoms with Crippen molar-refractivity contribution >= 4 is 34.4 Å². The zero-order valence-electron chi connectivity index (χ0n) is 7.55. The van der Waals surface area contributed by atoms with Crippen molar-refractivity contribution < 1.29 is 13.2 Å². The van der Waals surface area contributed by atoms with Crippen LogP contribution < -0.4 is 5.32 Å². The number of hydrogen-bond donors (Lipinski definition) is 2. The molecule has 0 aliphatic carbocycles. The smallest absolute Gasteiger partial charge is 0.208 e. The van der Waals surface area contributed by atoms with Gasteiger partial charge in [0.15, 0.2) is 21.4 Å². The van der Waals surface area contributed by atoms with Crippen molar-refractivity contribution in [2.75, 3.05) is 5.32 Å². The molecule has 3 nitrogen and oxygen atoms in total. The fourth-order valence-electron chi connectivity index (χ4n) is 1.03. The molecule has 0 aliphatic rings. The van der Waals surface area contributed by atoms with Crippen molar-refractivity contribution in [3.63, 3.8) is 0 Å². The third-order valence-corrected chi connectivity index (χ3v) is 2.68. The van der Waals surface area contributed by atoms with E-state index < -0.39 is 17.5 Å². The summed E-state index contributed by atoms with van der Waals surface area (Å²) < 4.78 is 38.8. The van der Waals surface area contributed by atoms with Crippen molar-refractivity contribution in [1.29, 1.82) is 0 Å². The topological polar surface area (TPSA) is 40.7 Å². The average Bonchev–Trinajstić information content (AvgIpc) is 2.60. The third kappa shape index (κ3) is 2.22. The van der Waals surface area contributed by atoms with Crippen LogP contribution in [0.25, 0.3) is 0 Å². The molecule has 0 spiro atoms. The van der Waals surface area contributed by atoms with Crippen LogP contribution in [0, 0.1) is 21.4 Å². The van der Waals surface area contributed by atoms with Gasteiger partial charge in [-0.15, -0.1) is 5.10 Å². The zero-order valence-corrected chi connectivity index (χ0v) is 9.19. The molecule has 0 fully saturated rings. The van der Waals surface area contributed by atoms with Crippen molar-refractivity contribution in [3.05, 3.63) is 33.5 Å². The lowest BCUT2D eigenvalue weighted by Gasteiger charge is -2.03. The standard InChI is InChI=1S/C8H4F3N3S2/c9-4-1-3(2-5(10)6(4)11)12-7-13-14-8(15)16-7/h1-2H,(H,12,13)(H,14,15). The summed E-state index contributed by atoms with van der Waals surface area (Å²) in [6.07, 6.45) is 0. The number of aromatic amines is 1. The second-order valence-corrected chi connectivity index (χ2v) is 4.46. The molecule has 84 valence electrons. The zero-order chi connectivity index (χ0) is 11.7. The number of rotatable bonds is 2. The maximum absolute atomic E-state index is 12.8. The minimum atomic E-state index is -1.50. The highest BCUT2D eigenvalue weighted by atomic mass is 32.1. The van der Waals surface area contributed by atoms with E-state index in [0.717, 1.165) is 23.5 Å². The highest BCUT2D eigenvalue weighted by Crippen LogP contribution is 2.22. The molecule has 2 rings (SSSR count). The van der Waals surface area contributed by atoms with Gasteiger partial charge in [0.05, 0.1) is 0 Å². The van der Waals surface area contributed by atoms with Gasteiger partial charge in [-0.1, -0.05) is 11.3 Å². The van der Waals surface area contributed by atoms with Crippen LogP contribution in [0.5, 0.6) is 0 Å². The molecule has 0 saturated carbocycles. The summed E-state index contributed by atoms with van der Waals surface area (Å²) in [6, 6.07) is 1.67. The van der Waals surface area contributed by atoms with Gasteiger partial charge in [-0.05, 0) is 12.2 Å². The lowest BCUT2D eigenvalue weighted by molar-refractivity contribution is 0.448. The molecule has 0 unspecified atom stereocenters. The quantitative estimate of drug-likeness (QED) is 0.644. The van der Waals surface area contributed by atoms with Crippen LogP contribution in [0.2, 0.25) is 0 Å². The average molecular weight is 263 g/mol. The van der Waals surface area contributed by atoms with Gasteiger partial charge in [0.25, 0.3) is 0 Å². The van der Waals surface area contributed by atoms with E-state index in [9.17, 15) is 13.2 Å². The Labute approximate surface area is 96.9 Å². The minimum Gasteiger partial charge on any atom is -0.330 e. The van der Waals surface area contributed by atoms with Crippen molar-refractivity contribution in [1.82, 2.24) is 10.2 Å². The predicted octanol–water partition coefficient (Wildman–Crippen LogP) is 3.36. The Morgan fingerprint density at radius 2 is 1.88 bits per heavy atom. The Balaban J connectivity index is 2.32. The summed E-state index contributed by atoms with van der Waals surface area (Å²) in [5.41, 5.74) is 0.0640. The monoisotopic (exact) mass is 263 g/mol. The number of benzene rings is 1. The second-order valence-electron chi connectivity index (χ2n) is 2.80. The lowest BCUT2D eigenvalue weighted by Crippen LogP contribution is -1.95. The van der Waals surface area contributed by atoms with Crippen molar-refractivity contribution in [2.24, 2.45) is 0 Å². The maximum Gasteiger partial charge on any atom is 0.208 e. The van der Waals surface area contributed by atoms with E-state index in [2.05, 4.69) is 15.5 Å². The molecule has 1 aromatic carbocycles. The summed E-state index contributed by atoms with van der Waals surface area (Å²) in [5.74, 6) is -4.02. The number of anilines is 2. The third-order valence-electron chi connectivity index (χ3n) is 1.67. The molecule has 0 bridgehead atoms. The molecular weight excluding hydrogens is 259 g/mol. The Kier molecular flexibility index (Phi) is 2.92. The van der Waals surface area contributed by atoms with Gasteiger partial charge < -0.3 is 5.32 Å². The first kappa shape index (κ1) is 11.1. The van der Waals surface area contributed by atoms with Crippen LogP contribution in [-0.2, 0) is 0 Å². The summed E-state index contributed by atoms with van der Waals surface area (Å²) >= 11 is 5.87. The molecule has 8 heteroatoms. The Morgan fingerprint density at radius 3 is 2.38 bits per heavy atom. The van der Waals surface area contributed by atoms with Gasteiger partial charge in [-0.3, -0.25) is 5.10 Å².